The number of carbonyl (C=O) groups is 1. The molecule has 2 heterocycles. The molecule has 122 valence electrons. The van der Waals surface area contributed by atoms with E-state index in [4.69, 9.17) is 13.9 Å². The van der Waals surface area contributed by atoms with Crippen LogP contribution in [0.5, 0.6) is 11.5 Å². The van der Waals surface area contributed by atoms with Gasteiger partial charge in [0.1, 0.15) is 11.5 Å². The molecule has 1 amide bonds. The lowest BCUT2D eigenvalue weighted by Gasteiger charge is -2.15. The van der Waals surface area contributed by atoms with Gasteiger partial charge in [-0.05, 0) is 43.8 Å². The van der Waals surface area contributed by atoms with Crippen molar-refractivity contribution in [1.82, 2.24) is 10.2 Å². The Labute approximate surface area is 135 Å². The fourth-order valence-electron chi connectivity index (χ4n) is 2.44. The Morgan fingerprint density at radius 3 is 2.83 bits per heavy atom. The van der Waals surface area contributed by atoms with Crippen LogP contribution in [0.25, 0.3) is 0 Å². The van der Waals surface area contributed by atoms with E-state index in [0.29, 0.717) is 19.6 Å². The minimum Gasteiger partial charge on any atom is -0.465 e. The van der Waals surface area contributed by atoms with Crippen LogP contribution >= 0.6 is 0 Å². The lowest BCUT2D eigenvalue weighted by atomic mass is 10.2. The Morgan fingerprint density at radius 1 is 1.22 bits per heavy atom. The number of nitrogens with one attached hydrogen (secondary N) is 1. The molecule has 1 N–H and O–H groups in total. The van der Waals surface area contributed by atoms with Crippen molar-refractivity contribution in [1.29, 1.82) is 0 Å². The van der Waals surface area contributed by atoms with Crippen molar-refractivity contribution in [3.63, 3.8) is 0 Å². The molecule has 1 aliphatic rings. The summed E-state index contributed by atoms with van der Waals surface area (Å²) in [6.45, 7) is 3.53. The third kappa shape index (κ3) is 4.04. The molecular weight excluding hydrogens is 296 g/mol. The number of carbonyl (C=O) groups excluding carboxylic acids is 1. The number of hydrogen-bond donors (Lipinski definition) is 1. The van der Waals surface area contributed by atoms with E-state index in [9.17, 15) is 4.79 Å². The molecule has 0 bridgehead atoms. The van der Waals surface area contributed by atoms with E-state index in [1.54, 1.807) is 0 Å². The summed E-state index contributed by atoms with van der Waals surface area (Å²) in [6, 6.07) is 9.51. The van der Waals surface area contributed by atoms with Gasteiger partial charge in [0.05, 0.1) is 13.1 Å². The third-order valence-electron chi connectivity index (χ3n) is 3.56. The van der Waals surface area contributed by atoms with Crippen molar-refractivity contribution in [3.05, 3.63) is 47.4 Å². The summed E-state index contributed by atoms with van der Waals surface area (Å²) in [5, 5.41) is 2.90. The molecule has 0 unspecified atom stereocenters. The molecule has 1 aliphatic heterocycles. The quantitative estimate of drug-likeness (QED) is 0.884. The average molecular weight is 316 g/mol. The van der Waals surface area contributed by atoms with E-state index in [2.05, 4.69) is 5.32 Å². The zero-order valence-electron chi connectivity index (χ0n) is 13.3. The van der Waals surface area contributed by atoms with Crippen LogP contribution < -0.4 is 14.8 Å². The second-order valence-electron chi connectivity index (χ2n) is 5.65. The molecule has 6 nitrogen and oxygen atoms in total. The summed E-state index contributed by atoms with van der Waals surface area (Å²) in [7, 11) is 1.89. The molecule has 0 saturated carbocycles. The molecule has 0 saturated heterocycles. The number of hydrogen-bond acceptors (Lipinski definition) is 5. The highest BCUT2D eigenvalue weighted by Crippen LogP contribution is 2.32. The first-order valence-electron chi connectivity index (χ1n) is 7.49. The maximum Gasteiger partial charge on any atom is 0.234 e. The van der Waals surface area contributed by atoms with Gasteiger partial charge in [-0.15, -0.1) is 0 Å². The maximum absolute atomic E-state index is 12.0. The lowest BCUT2D eigenvalue weighted by Crippen LogP contribution is -2.34. The summed E-state index contributed by atoms with van der Waals surface area (Å²) >= 11 is 0. The second-order valence-corrected chi connectivity index (χ2v) is 5.65. The molecule has 23 heavy (non-hydrogen) atoms. The van der Waals surface area contributed by atoms with Crippen LogP contribution in [-0.2, 0) is 17.9 Å². The lowest BCUT2D eigenvalue weighted by molar-refractivity contribution is -0.122. The summed E-state index contributed by atoms with van der Waals surface area (Å²) in [5.74, 6) is 3.17. The Morgan fingerprint density at radius 2 is 2.04 bits per heavy atom. The highest BCUT2D eigenvalue weighted by atomic mass is 16.7. The molecule has 0 fully saturated rings. The van der Waals surface area contributed by atoms with E-state index in [-0.39, 0.29) is 12.7 Å². The standard InChI is InChI=1S/C17H20N2O4/c1-12-3-5-14(23-12)9-19(2)10-17(20)18-8-13-4-6-15-16(7-13)22-11-21-15/h3-7H,8-11H2,1-2H3,(H,18,20). The predicted molar refractivity (Wildman–Crippen MR) is 84.2 cm³/mol. The molecular formula is C17H20N2O4. The van der Waals surface area contributed by atoms with Crippen LogP contribution in [0.15, 0.2) is 34.7 Å². The molecule has 6 heteroatoms. The number of rotatable bonds is 6. The minimum atomic E-state index is -0.0338. The van der Waals surface area contributed by atoms with Crippen molar-refractivity contribution < 1.29 is 18.7 Å². The van der Waals surface area contributed by atoms with Gasteiger partial charge in [-0.25, -0.2) is 0 Å². The summed E-state index contributed by atoms with van der Waals surface area (Å²) in [6.07, 6.45) is 0. The number of aryl methyl sites for hydroxylation is 1. The topological polar surface area (TPSA) is 63.9 Å². The van der Waals surface area contributed by atoms with Crippen LogP contribution in [-0.4, -0.2) is 31.2 Å². The predicted octanol–water partition coefficient (Wildman–Crippen LogP) is 2.06. The van der Waals surface area contributed by atoms with E-state index >= 15 is 0 Å². The van der Waals surface area contributed by atoms with Crippen molar-refractivity contribution in [2.45, 2.75) is 20.0 Å². The first kappa shape index (κ1) is 15.4. The fraction of sp³-hybridized carbons (Fsp3) is 0.353. The van der Waals surface area contributed by atoms with Crippen LogP contribution in [0, 0.1) is 6.92 Å². The van der Waals surface area contributed by atoms with Gasteiger partial charge in [-0.1, -0.05) is 6.07 Å². The fourth-order valence-corrected chi connectivity index (χ4v) is 2.44. The van der Waals surface area contributed by atoms with Gasteiger partial charge in [0, 0.05) is 6.54 Å². The Hall–Kier alpha value is -2.47. The van der Waals surface area contributed by atoms with E-state index in [1.165, 1.54) is 0 Å². The van der Waals surface area contributed by atoms with Crippen LogP contribution in [0.2, 0.25) is 0 Å². The number of furan rings is 1. The maximum atomic E-state index is 12.0. The molecule has 1 aromatic carbocycles. The highest BCUT2D eigenvalue weighted by molar-refractivity contribution is 5.78. The summed E-state index contributed by atoms with van der Waals surface area (Å²) < 4.78 is 16.1. The third-order valence-corrected chi connectivity index (χ3v) is 3.56. The normalized spacial score (nSPS) is 12.7. The number of fused-ring (bicyclic) bond motifs is 1. The second kappa shape index (κ2) is 6.75. The molecule has 0 aliphatic carbocycles. The van der Waals surface area contributed by atoms with Gasteiger partial charge in [0.15, 0.2) is 11.5 Å². The van der Waals surface area contributed by atoms with Gasteiger partial charge in [0.2, 0.25) is 12.7 Å². The zero-order chi connectivity index (χ0) is 16.2. The molecule has 3 rings (SSSR count). The van der Waals surface area contributed by atoms with Crippen LogP contribution in [0.4, 0.5) is 0 Å². The summed E-state index contributed by atoms with van der Waals surface area (Å²) in [4.78, 5) is 13.9. The van der Waals surface area contributed by atoms with Crippen molar-refractivity contribution in [2.75, 3.05) is 20.4 Å². The number of likely N-dealkylation sites (N-methyl/N-ethyl adjacent to an activating group) is 1. The SMILES string of the molecule is Cc1ccc(CN(C)CC(=O)NCc2ccc3c(c2)OCO3)o1. The van der Waals surface area contributed by atoms with Crippen molar-refractivity contribution >= 4 is 5.91 Å². The molecule has 2 aromatic rings. The van der Waals surface area contributed by atoms with Gasteiger partial charge in [-0.2, -0.15) is 0 Å². The number of amides is 1. The largest absolute Gasteiger partial charge is 0.465 e. The van der Waals surface area contributed by atoms with Gasteiger partial charge >= 0.3 is 0 Å². The van der Waals surface area contributed by atoms with Gasteiger partial charge in [-0.3, -0.25) is 9.69 Å². The van der Waals surface area contributed by atoms with Crippen molar-refractivity contribution in [3.8, 4) is 11.5 Å². The Kier molecular flexibility index (Phi) is 4.52. The van der Waals surface area contributed by atoms with E-state index < -0.39 is 0 Å². The highest BCUT2D eigenvalue weighted by Gasteiger charge is 2.14. The minimum absolute atomic E-state index is 0.0338. The number of benzene rings is 1. The number of nitrogens with zero attached hydrogens (tertiary/aromatic N) is 1. The smallest absolute Gasteiger partial charge is 0.234 e. The average Bonchev–Trinajstić information content (AvgIpc) is 3.13. The zero-order valence-corrected chi connectivity index (χ0v) is 13.3. The van der Waals surface area contributed by atoms with Gasteiger partial charge < -0.3 is 19.2 Å². The van der Waals surface area contributed by atoms with Crippen LogP contribution in [0.3, 0.4) is 0 Å². The Balaban J connectivity index is 1.45. The monoisotopic (exact) mass is 316 g/mol. The molecule has 1 aromatic heterocycles. The Bertz CT molecular complexity index is 696. The van der Waals surface area contributed by atoms with Gasteiger partial charge in [0.25, 0.3) is 0 Å². The first-order valence-corrected chi connectivity index (χ1v) is 7.49. The van der Waals surface area contributed by atoms with E-state index in [0.717, 1.165) is 28.6 Å². The first-order chi connectivity index (χ1) is 11.1. The van der Waals surface area contributed by atoms with Crippen molar-refractivity contribution in [2.24, 2.45) is 0 Å². The molecule has 0 spiro atoms. The van der Waals surface area contributed by atoms with E-state index in [1.807, 2.05) is 49.2 Å². The summed E-state index contributed by atoms with van der Waals surface area (Å²) in [5.41, 5.74) is 0.979. The molecule has 0 radical (unpaired) electrons. The van der Waals surface area contributed by atoms with Crippen LogP contribution in [0.1, 0.15) is 17.1 Å². The molecule has 0 atom stereocenters. The number of ether oxygens (including phenoxy) is 2.